The minimum atomic E-state index is 0.763. The number of aromatic nitrogens is 2. The van der Waals surface area contributed by atoms with Crippen LogP contribution in [0.1, 0.15) is 38.6 Å². The minimum absolute atomic E-state index is 0.763. The molecule has 3 nitrogen and oxygen atoms in total. The minimum Gasteiger partial charge on any atom is -0.301 e. The van der Waals surface area contributed by atoms with Crippen molar-refractivity contribution in [1.29, 1.82) is 0 Å². The number of hydrogen-bond acceptors (Lipinski definition) is 2. The van der Waals surface area contributed by atoms with E-state index in [1.54, 1.807) is 0 Å². The number of aryl methyl sites for hydroxylation is 2. The summed E-state index contributed by atoms with van der Waals surface area (Å²) in [7, 11) is 4.20. The average molecular weight is 302 g/mol. The molecule has 0 radical (unpaired) electrons. The zero-order valence-corrected chi connectivity index (χ0v) is 13.2. The summed E-state index contributed by atoms with van der Waals surface area (Å²) in [5.41, 5.74) is 2.42. The van der Waals surface area contributed by atoms with Crippen molar-refractivity contribution >= 4 is 15.9 Å². The van der Waals surface area contributed by atoms with Crippen LogP contribution in [-0.4, -0.2) is 28.3 Å². The van der Waals surface area contributed by atoms with Crippen LogP contribution < -0.4 is 0 Å². The van der Waals surface area contributed by atoms with E-state index in [9.17, 15) is 0 Å². The number of rotatable bonds is 6. The van der Waals surface area contributed by atoms with E-state index in [1.807, 2.05) is 11.7 Å². The molecule has 0 aliphatic carbocycles. The molecule has 1 aromatic rings. The molecule has 98 valence electrons. The molecule has 1 heterocycles. The lowest BCUT2D eigenvalue weighted by Crippen LogP contribution is -2.22. The molecule has 0 saturated carbocycles. The fourth-order valence-electron chi connectivity index (χ4n) is 1.80. The second-order valence-electron chi connectivity index (χ2n) is 5.10. The van der Waals surface area contributed by atoms with Gasteiger partial charge in [-0.25, -0.2) is 0 Å². The lowest BCUT2D eigenvalue weighted by atomic mass is 10.1. The van der Waals surface area contributed by atoms with Crippen LogP contribution in [-0.2, 0) is 20.0 Å². The standard InChI is InChI=1S/C13H24BrN3/c1-6-11-13(14)12(17(5)15-11)9-16(4)8-7-10(2)3/h10H,6-9H2,1-5H3. The normalized spacial score (nSPS) is 11.8. The molecule has 0 unspecified atom stereocenters. The van der Waals surface area contributed by atoms with Gasteiger partial charge in [0.25, 0.3) is 0 Å². The highest BCUT2D eigenvalue weighted by atomic mass is 79.9. The SMILES string of the molecule is CCc1nn(C)c(CN(C)CCC(C)C)c1Br. The molecular formula is C13H24BrN3. The molecule has 1 aromatic heterocycles. The second-order valence-corrected chi connectivity index (χ2v) is 5.90. The van der Waals surface area contributed by atoms with Gasteiger partial charge in [-0.15, -0.1) is 0 Å². The molecule has 0 N–H and O–H groups in total. The third kappa shape index (κ3) is 4.11. The summed E-state index contributed by atoms with van der Waals surface area (Å²) in [5.74, 6) is 0.763. The molecule has 0 spiro atoms. The molecule has 0 amide bonds. The first-order valence-corrected chi connectivity index (χ1v) is 7.13. The number of hydrogen-bond donors (Lipinski definition) is 0. The first-order chi connectivity index (χ1) is 7.95. The summed E-state index contributed by atoms with van der Waals surface area (Å²) < 4.78 is 3.17. The number of nitrogens with zero attached hydrogens (tertiary/aromatic N) is 3. The highest BCUT2D eigenvalue weighted by Gasteiger charge is 2.14. The van der Waals surface area contributed by atoms with Crippen LogP contribution in [0.4, 0.5) is 0 Å². The summed E-state index contributed by atoms with van der Waals surface area (Å²) in [6.45, 7) is 8.76. The van der Waals surface area contributed by atoms with Gasteiger partial charge in [0.15, 0.2) is 0 Å². The Bertz CT molecular complexity index is 358. The van der Waals surface area contributed by atoms with E-state index >= 15 is 0 Å². The van der Waals surface area contributed by atoms with Crippen molar-refractivity contribution in [1.82, 2.24) is 14.7 Å². The smallest absolute Gasteiger partial charge is 0.0767 e. The Hall–Kier alpha value is -0.350. The fourth-order valence-corrected chi connectivity index (χ4v) is 2.55. The molecule has 4 heteroatoms. The van der Waals surface area contributed by atoms with Crippen LogP contribution in [0.2, 0.25) is 0 Å². The lowest BCUT2D eigenvalue weighted by Gasteiger charge is -2.18. The fraction of sp³-hybridized carbons (Fsp3) is 0.769. The Morgan fingerprint density at radius 1 is 1.41 bits per heavy atom. The molecule has 1 rings (SSSR count). The van der Waals surface area contributed by atoms with Crippen LogP contribution in [0.15, 0.2) is 4.47 Å². The first kappa shape index (κ1) is 14.7. The quantitative estimate of drug-likeness (QED) is 0.804. The van der Waals surface area contributed by atoms with Gasteiger partial charge in [0.2, 0.25) is 0 Å². The predicted octanol–water partition coefficient (Wildman–Crippen LogP) is 3.22. The van der Waals surface area contributed by atoms with E-state index in [2.05, 4.69) is 53.7 Å². The highest BCUT2D eigenvalue weighted by Crippen LogP contribution is 2.22. The van der Waals surface area contributed by atoms with E-state index in [-0.39, 0.29) is 0 Å². The van der Waals surface area contributed by atoms with Crippen molar-refractivity contribution in [3.8, 4) is 0 Å². The van der Waals surface area contributed by atoms with Gasteiger partial charge in [-0.2, -0.15) is 5.10 Å². The van der Waals surface area contributed by atoms with Crippen LogP contribution in [0, 0.1) is 5.92 Å². The summed E-state index contributed by atoms with van der Waals surface area (Å²) in [6, 6.07) is 0. The van der Waals surface area contributed by atoms with E-state index in [1.165, 1.54) is 16.6 Å². The van der Waals surface area contributed by atoms with Crippen LogP contribution in [0.3, 0.4) is 0 Å². The molecule has 0 aromatic carbocycles. The van der Waals surface area contributed by atoms with Crippen molar-refractivity contribution in [2.45, 2.75) is 40.2 Å². The zero-order chi connectivity index (χ0) is 13.0. The van der Waals surface area contributed by atoms with Crippen molar-refractivity contribution in [3.05, 3.63) is 15.9 Å². The van der Waals surface area contributed by atoms with Crippen molar-refractivity contribution in [3.63, 3.8) is 0 Å². The molecule has 0 bridgehead atoms. The van der Waals surface area contributed by atoms with Crippen LogP contribution in [0.25, 0.3) is 0 Å². The van der Waals surface area contributed by atoms with E-state index < -0.39 is 0 Å². The summed E-state index contributed by atoms with van der Waals surface area (Å²) in [4.78, 5) is 2.36. The molecule has 0 saturated heterocycles. The monoisotopic (exact) mass is 301 g/mol. The summed E-state index contributed by atoms with van der Waals surface area (Å²) in [6.07, 6.45) is 2.22. The molecule has 0 fully saturated rings. The molecule has 0 aliphatic heterocycles. The van der Waals surface area contributed by atoms with Gasteiger partial charge in [0.1, 0.15) is 0 Å². The summed E-state index contributed by atoms with van der Waals surface area (Å²) in [5, 5.41) is 4.52. The third-order valence-corrected chi connectivity index (χ3v) is 3.93. The maximum Gasteiger partial charge on any atom is 0.0767 e. The Kier molecular flexibility index (Phi) is 5.67. The molecule has 17 heavy (non-hydrogen) atoms. The van der Waals surface area contributed by atoms with Gasteiger partial charge in [0, 0.05) is 13.6 Å². The topological polar surface area (TPSA) is 21.1 Å². The Morgan fingerprint density at radius 2 is 2.06 bits per heavy atom. The van der Waals surface area contributed by atoms with Gasteiger partial charge in [-0.1, -0.05) is 20.8 Å². The van der Waals surface area contributed by atoms with Gasteiger partial charge >= 0.3 is 0 Å². The maximum absolute atomic E-state index is 4.52. The lowest BCUT2D eigenvalue weighted by molar-refractivity contribution is 0.295. The average Bonchev–Trinajstić information content (AvgIpc) is 2.53. The van der Waals surface area contributed by atoms with E-state index in [0.717, 1.165) is 31.1 Å². The Morgan fingerprint density at radius 3 is 2.53 bits per heavy atom. The maximum atomic E-state index is 4.52. The summed E-state index contributed by atoms with van der Waals surface area (Å²) >= 11 is 3.66. The third-order valence-electron chi connectivity index (χ3n) is 3.01. The largest absolute Gasteiger partial charge is 0.301 e. The second kappa shape index (κ2) is 6.55. The van der Waals surface area contributed by atoms with Gasteiger partial charge in [0.05, 0.1) is 15.9 Å². The zero-order valence-electron chi connectivity index (χ0n) is 11.6. The number of halogens is 1. The molecule has 0 atom stereocenters. The van der Waals surface area contributed by atoms with Gasteiger partial charge in [-0.05, 0) is 48.3 Å². The van der Waals surface area contributed by atoms with Crippen molar-refractivity contribution in [2.24, 2.45) is 13.0 Å². The predicted molar refractivity (Wildman–Crippen MR) is 76.1 cm³/mol. The molecule has 0 aliphatic rings. The van der Waals surface area contributed by atoms with Crippen molar-refractivity contribution in [2.75, 3.05) is 13.6 Å². The first-order valence-electron chi connectivity index (χ1n) is 6.34. The van der Waals surface area contributed by atoms with Gasteiger partial charge < -0.3 is 4.90 Å². The Labute approximate surface area is 113 Å². The molecular weight excluding hydrogens is 278 g/mol. The van der Waals surface area contributed by atoms with Crippen molar-refractivity contribution < 1.29 is 0 Å². The Balaban J connectivity index is 2.64. The van der Waals surface area contributed by atoms with Crippen LogP contribution in [0.5, 0.6) is 0 Å². The highest BCUT2D eigenvalue weighted by molar-refractivity contribution is 9.10. The van der Waals surface area contributed by atoms with E-state index in [4.69, 9.17) is 0 Å². The van der Waals surface area contributed by atoms with Gasteiger partial charge in [-0.3, -0.25) is 4.68 Å². The van der Waals surface area contributed by atoms with Crippen LogP contribution >= 0.6 is 15.9 Å². The van der Waals surface area contributed by atoms with E-state index in [0.29, 0.717) is 0 Å².